The van der Waals surface area contributed by atoms with Gasteiger partial charge in [0, 0.05) is 29.6 Å². The molecule has 1 amide bonds. The van der Waals surface area contributed by atoms with Gasteiger partial charge in [-0.2, -0.15) is 26.3 Å². The molecule has 1 aliphatic rings. The van der Waals surface area contributed by atoms with E-state index in [1.54, 1.807) is 0 Å². The first kappa shape index (κ1) is 29.5. The maximum atomic E-state index is 14.9. The molecule has 0 saturated carbocycles. The summed E-state index contributed by atoms with van der Waals surface area (Å²) in [5, 5.41) is 15.1. The van der Waals surface area contributed by atoms with Crippen LogP contribution in [0.4, 0.5) is 36.4 Å². The Labute approximate surface area is 223 Å². The fourth-order valence-corrected chi connectivity index (χ4v) is 5.10. The minimum atomic E-state index is -6.05. The molecule has 1 atom stereocenters. The number of sulfone groups is 1. The Morgan fingerprint density at radius 3 is 2.12 bits per heavy atom. The number of carbonyl (C=O) groups is 1. The van der Waals surface area contributed by atoms with Gasteiger partial charge in [0.1, 0.15) is 11.9 Å². The summed E-state index contributed by atoms with van der Waals surface area (Å²) in [7, 11) is -3.45. The first-order valence-corrected chi connectivity index (χ1v) is 13.5. The lowest BCUT2D eigenvalue weighted by Crippen LogP contribution is -2.53. The summed E-state index contributed by atoms with van der Waals surface area (Å²) in [6.45, 7) is 0.374. The lowest BCUT2D eigenvalue weighted by Gasteiger charge is -2.32. The molecule has 3 aromatic carbocycles. The van der Waals surface area contributed by atoms with E-state index in [1.165, 1.54) is 30.3 Å². The van der Waals surface area contributed by atoms with E-state index in [9.17, 15) is 49.1 Å². The van der Waals surface area contributed by atoms with Crippen molar-refractivity contribution in [1.82, 2.24) is 5.32 Å². The number of fused-ring (bicyclic) bond motifs is 1. The Hall–Kier alpha value is -3.49. The zero-order valence-corrected chi connectivity index (χ0v) is 21.3. The van der Waals surface area contributed by atoms with Crippen molar-refractivity contribution in [3.8, 4) is 11.1 Å². The lowest BCUT2D eigenvalue weighted by atomic mass is 9.90. The number of aliphatic hydroxyl groups is 1. The average molecular weight is 591 g/mol. The molecule has 0 fully saturated rings. The third-order valence-corrected chi connectivity index (χ3v) is 7.64. The van der Waals surface area contributed by atoms with Gasteiger partial charge in [-0.1, -0.05) is 30.3 Å². The Morgan fingerprint density at radius 2 is 1.57 bits per heavy atom. The van der Waals surface area contributed by atoms with E-state index in [0.717, 1.165) is 24.5 Å². The molecule has 6 nitrogen and oxygen atoms in total. The van der Waals surface area contributed by atoms with E-state index in [-0.39, 0.29) is 21.7 Å². The smallest absolute Gasteiger partial charge is 0.369 e. The van der Waals surface area contributed by atoms with Gasteiger partial charge in [0.05, 0.1) is 4.90 Å². The Balaban J connectivity index is 1.55. The zero-order valence-electron chi connectivity index (χ0n) is 20.5. The molecule has 0 aliphatic carbocycles. The van der Waals surface area contributed by atoms with Crippen molar-refractivity contribution in [3.63, 3.8) is 0 Å². The highest BCUT2D eigenvalue weighted by molar-refractivity contribution is 7.90. The molecule has 3 aromatic rings. The second kappa shape index (κ2) is 10.2. The summed E-state index contributed by atoms with van der Waals surface area (Å²) >= 11 is 0. The Morgan fingerprint density at radius 1 is 0.950 bits per heavy atom. The van der Waals surface area contributed by atoms with Crippen molar-refractivity contribution in [3.05, 3.63) is 83.2 Å². The number of hydrogen-bond donors (Lipinski definition) is 3. The molecule has 14 heteroatoms. The molecule has 1 heterocycles. The predicted molar refractivity (Wildman–Crippen MR) is 130 cm³/mol. The van der Waals surface area contributed by atoms with Crippen LogP contribution in [0.1, 0.15) is 22.7 Å². The monoisotopic (exact) mass is 590 g/mol. The molecule has 0 aromatic heterocycles. The zero-order chi connectivity index (χ0) is 29.7. The van der Waals surface area contributed by atoms with E-state index < -0.39 is 51.1 Å². The number of carbonyl (C=O) groups excluding carboxylic acids is 1. The van der Waals surface area contributed by atoms with E-state index in [4.69, 9.17) is 0 Å². The van der Waals surface area contributed by atoms with Gasteiger partial charge in [0.15, 0.2) is 9.84 Å². The van der Waals surface area contributed by atoms with Gasteiger partial charge < -0.3 is 15.7 Å². The highest BCUT2D eigenvalue weighted by Crippen LogP contribution is 2.50. The molecule has 3 N–H and O–H groups in total. The lowest BCUT2D eigenvalue weighted by molar-refractivity contribution is -0.376. The van der Waals surface area contributed by atoms with E-state index in [2.05, 4.69) is 10.6 Å². The minimum Gasteiger partial charge on any atom is -0.369 e. The quantitative estimate of drug-likeness (QED) is 0.363. The molecule has 4 rings (SSSR count). The van der Waals surface area contributed by atoms with Crippen LogP contribution < -0.4 is 10.6 Å². The molecular weight excluding hydrogens is 569 g/mol. The van der Waals surface area contributed by atoms with Crippen molar-refractivity contribution in [2.24, 2.45) is 0 Å². The topological polar surface area (TPSA) is 95.5 Å². The third-order valence-electron chi connectivity index (χ3n) is 6.53. The van der Waals surface area contributed by atoms with Gasteiger partial charge in [-0.3, -0.25) is 4.79 Å². The van der Waals surface area contributed by atoms with Crippen molar-refractivity contribution in [1.29, 1.82) is 0 Å². The molecule has 0 spiro atoms. The maximum absolute atomic E-state index is 14.9. The van der Waals surface area contributed by atoms with Crippen LogP contribution in [0.3, 0.4) is 0 Å². The first-order valence-electron chi connectivity index (χ1n) is 11.6. The van der Waals surface area contributed by atoms with Gasteiger partial charge in [-0.25, -0.2) is 12.8 Å². The van der Waals surface area contributed by atoms with Crippen LogP contribution in [0.25, 0.3) is 11.1 Å². The highest BCUT2D eigenvalue weighted by atomic mass is 32.2. The van der Waals surface area contributed by atoms with Crippen molar-refractivity contribution in [2.75, 3.05) is 18.1 Å². The summed E-state index contributed by atoms with van der Waals surface area (Å²) in [6, 6.07) is 9.37. The second-order valence-electron chi connectivity index (χ2n) is 9.24. The fourth-order valence-electron chi connectivity index (χ4n) is 4.43. The number of rotatable bonds is 5. The molecule has 1 aliphatic heterocycles. The molecule has 0 bridgehead atoms. The van der Waals surface area contributed by atoms with Crippen molar-refractivity contribution < 1.29 is 49.1 Å². The number of anilines is 1. The summed E-state index contributed by atoms with van der Waals surface area (Å²) in [4.78, 5) is 13.1. The van der Waals surface area contributed by atoms with Crippen molar-refractivity contribution in [2.45, 2.75) is 35.3 Å². The number of halogens is 7. The largest absolute Gasteiger partial charge is 0.430 e. The number of benzene rings is 3. The molecule has 40 heavy (non-hydrogen) atoms. The van der Waals surface area contributed by atoms with E-state index >= 15 is 0 Å². The minimum absolute atomic E-state index is 0.0214. The van der Waals surface area contributed by atoms with Gasteiger partial charge >= 0.3 is 12.4 Å². The first-order chi connectivity index (χ1) is 18.4. The number of alkyl halides is 6. The highest BCUT2D eigenvalue weighted by Gasteiger charge is 2.71. The van der Waals surface area contributed by atoms with Gasteiger partial charge in [-0.15, -0.1) is 0 Å². The number of nitrogens with one attached hydrogen (secondary N) is 2. The SMILES string of the molecule is CS(=O)(=O)c1ccc2c(c1)CCNC2C(=O)Nc1ccc(-c2ccc(C(O)(C(F)(F)F)C(F)(F)F)cc2)c(F)c1. The normalized spacial score (nSPS) is 16.4. The number of hydrogen-bond acceptors (Lipinski definition) is 5. The van der Waals surface area contributed by atoms with Crippen LogP contribution in [0.5, 0.6) is 0 Å². The van der Waals surface area contributed by atoms with E-state index in [0.29, 0.717) is 36.2 Å². The van der Waals surface area contributed by atoms with Crippen LogP contribution >= 0.6 is 0 Å². The molecule has 1 unspecified atom stereocenters. The fraction of sp³-hybridized carbons (Fsp3) is 0.269. The standard InChI is InChI=1S/C26H21F7N2O4S/c1-40(38,39)18-7-9-20-15(12-18)10-11-34-22(20)23(36)35-17-6-8-19(21(27)13-17)14-2-4-16(5-3-14)24(37,25(28,29)30)26(31,32)33/h2-9,12-13,22,34,37H,10-11H2,1H3,(H,35,36). The summed E-state index contributed by atoms with van der Waals surface area (Å²) in [5.41, 5.74) is -5.61. The van der Waals surface area contributed by atoms with Crippen molar-refractivity contribution >= 4 is 21.4 Å². The number of amides is 1. The predicted octanol–water partition coefficient (Wildman–Crippen LogP) is 5.03. The van der Waals surface area contributed by atoms with Crippen LogP contribution in [0.2, 0.25) is 0 Å². The summed E-state index contributed by atoms with van der Waals surface area (Å²) in [5.74, 6) is -1.50. The van der Waals surface area contributed by atoms with Crippen LogP contribution in [-0.4, -0.2) is 44.6 Å². The Kier molecular flexibility index (Phi) is 7.49. The van der Waals surface area contributed by atoms with Gasteiger partial charge in [0.25, 0.3) is 5.60 Å². The summed E-state index contributed by atoms with van der Waals surface area (Å²) in [6.07, 6.45) is -10.6. The van der Waals surface area contributed by atoms with Crippen LogP contribution in [-0.2, 0) is 26.7 Å². The molecular formula is C26H21F7N2O4S. The molecule has 0 saturated heterocycles. The summed E-state index contributed by atoms with van der Waals surface area (Å²) < 4.78 is 117. The van der Waals surface area contributed by atoms with Gasteiger partial charge in [0.2, 0.25) is 5.91 Å². The maximum Gasteiger partial charge on any atom is 0.430 e. The third kappa shape index (κ3) is 5.43. The van der Waals surface area contributed by atoms with Gasteiger partial charge in [-0.05, 0) is 53.4 Å². The van der Waals surface area contributed by atoms with E-state index in [1.807, 2.05) is 0 Å². The molecule has 214 valence electrons. The van der Waals surface area contributed by atoms with Crippen LogP contribution in [0.15, 0.2) is 65.6 Å². The molecule has 0 radical (unpaired) electrons. The second-order valence-corrected chi connectivity index (χ2v) is 11.3. The van der Waals surface area contributed by atoms with Crippen LogP contribution in [0, 0.1) is 5.82 Å². The Bertz CT molecular complexity index is 1540. The average Bonchev–Trinajstić information content (AvgIpc) is 2.86.